The van der Waals surface area contributed by atoms with Crippen LogP contribution in [0.5, 0.6) is 5.75 Å². The van der Waals surface area contributed by atoms with Crippen molar-refractivity contribution >= 4 is 16.7 Å². The normalized spacial score (nSPS) is 11.1. The van der Waals surface area contributed by atoms with Gasteiger partial charge >= 0.3 is 5.97 Å². The van der Waals surface area contributed by atoms with E-state index >= 15 is 0 Å². The summed E-state index contributed by atoms with van der Waals surface area (Å²) in [4.78, 5) is 12.6. The highest BCUT2D eigenvalue weighted by Gasteiger charge is 2.13. The van der Waals surface area contributed by atoms with Crippen molar-refractivity contribution in [2.24, 2.45) is 0 Å². The van der Waals surface area contributed by atoms with Crippen molar-refractivity contribution < 1.29 is 15.0 Å². The Morgan fingerprint density at radius 2 is 1.95 bits per heavy atom. The van der Waals surface area contributed by atoms with Gasteiger partial charge in [0, 0.05) is 12.1 Å². The zero-order valence-electron chi connectivity index (χ0n) is 10.8. The van der Waals surface area contributed by atoms with Crippen LogP contribution in [-0.4, -0.2) is 34.2 Å². The van der Waals surface area contributed by atoms with Gasteiger partial charge in [0.1, 0.15) is 5.75 Å². The van der Waals surface area contributed by atoms with Crippen LogP contribution in [0.3, 0.4) is 0 Å². The number of hydrogen-bond donors (Lipinski definition) is 2. The number of phenolic OH excluding ortho intramolecular Hbond substituents is 1. The average molecular weight is 259 g/mol. The molecule has 0 bridgehead atoms. The zero-order valence-corrected chi connectivity index (χ0v) is 10.8. The Morgan fingerprint density at radius 1 is 1.21 bits per heavy atom. The lowest BCUT2D eigenvalue weighted by Crippen LogP contribution is -2.29. The maximum absolute atomic E-state index is 10.8. The molecule has 0 fully saturated rings. The molecule has 0 radical (unpaired) electrons. The van der Waals surface area contributed by atoms with Crippen molar-refractivity contribution in [3.05, 3.63) is 42.0 Å². The van der Waals surface area contributed by atoms with Gasteiger partial charge in [0.15, 0.2) is 0 Å². The molecule has 0 aromatic heterocycles. The molecule has 4 nitrogen and oxygen atoms in total. The molecular formula is C15H17NO3. The topological polar surface area (TPSA) is 60.8 Å². The van der Waals surface area contributed by atoms with E-state index < -0.39 is 5.97 Å². The van der Waals surface area contributed by atoms with E-state index in [2.05, 4.69) is 0 Å². The van der Waals surface area contributed by atoms with Gasteiger partial charge in [0.05, 0.1) is 6.54 Å². The first-order valence-electron chi connectivity index (χ1n) is 6.25. The third-order valence-corrected chi connectivity index (χ3v) is 3.20. The molecule has 0 aliphatic rings. The summed E-state index contributed by atoms with van der Waals surface area (Å²) in [6.45, 7) is 2.93. The number of aliphatic carboxylic acids is 1. The first-order valence-corrected chi connectivity index (χ1v) is 6.25. The number of fused-ring (bicyclic) bond motifs is 1. The van der Waals surface area contributed by atoms with E-state index in [0.717, 1.165) is 16.3 Å². The minimum atomic E-state index is -0.860. The first kappa shape index (κ1) is 13.4. The number of aromatic hydroxyl groups is 1. The number of carboxylic acid groups (broad SMARTS) is 1. The van der Waals surface area contributed by atoms with Gasteiger partial charge < -0.3 is 10.2 Å². The van der Waals surface area contributed by atoms with Gasteiger partial charge in [0.25, 0.3) is 0 Å². The zero-order chi connectivity index (χ0) is 13.8. The molecule has 2 aromatic rings. The van der Waals surface area contributed by atoms with Crippen molar-refractivity contribution in [3.8, 4) is 5.75 Å². The Morgan fingerprint density at radius 3 is 2.63 bits per heavy atom. The minimum Gasteiger partial charge on any atom is -0.508 e. The van der Waals surface area contributed by atoms with E-state index in [-0.39, 0.29) is 12.3 Å². The molecule has 0 aliphatic carbocycles. The molecule has 0 atom stereocenters. The van der Waals surface area contributed by atoms with E-state index in [0.29, 0.717) is 13.1 Å². The lowest BCUT2D eigenvalue weighted by Gasteiger charge is -2.20. The van der Waals surface area contributed by atoms with Gasteiger partial charge in [-0.1, -0.05) is 37.3 Å². The smallest absolute Gasteiger partial charge is 0.317 e. The SMILES string of the molecule is CCN(CC(=O)O)Cc1c(O)ccc2ccccc12. The van der Waals surface area contributed by atoms with Gasteiger partial charge in [-0.25, -0.2) is 0 Å². The number of nitrogens with zero attached hydrogens (tertiary/aromatic N) is 1. The summed E-state index contributed by atoms with van der Waals surface area (Å²) in [5.74, 6) is -0.649. The third-order valence-electron chi connectivity index (χ3n) is 3.20. The number of carboxylic acids is 1. The fourth-order valence-corrected chi connectivity index (χ4v) is 2.19. The Bertz CT molecular complexity index is 595. The molecule has 0 saturated carbocycles. The number of rotatable bonds is 5. The lowest BCUT2D eigenvalue weighted by molar-refractivity contribution is -0.138. The number of benzene rings is 2. The van der Waals surface area contributed by atoms with Gasteiger partial charge in [-0.05, 0) is 23.4 Å². The highest BCUT2D eigenvalue weighted by Crippen LogP contribution is 2.28. The molecule has 0 amide bonds. The first-order chi connectivity index (χ1) is 9.11. The van der Waals surface area contributed by atoms with Crippen molar-refractivity contribution in [2.75, 3.05) is 13.1 Å². The van der Waals surface area contributed by atoms with Crippen LogP contribution in [-0.2, 0) is 11.3 Å². The van der Waals surface area contributed by atoms with E-state index in [9.17, 15) is 9.90 Å². The van der Waals surface area contributed by atoms with Crippen molar-refractivity contribution in [1.82, 2.24) is 4.90 Å². The molecule has 0 aliphatic heterocycles. The fraction of sp³-hybridized carbons (Fsp3) is 0.267. The van der Waals surface area contributed by atoms with Crippen LogP contribution in [0, 0.1) is 0 Å². The second-order valence-corrected chi connectivity index (χ2v) is 4.48. The maximum Gasteiger partial charge on any atom is 0.317 e. The van der Waals surface area contributed by atoms with Crippen LogP contribution >= 0.6 is 0 Å². The monoisotopic (exact) mass is 259 g/mol. The highest BCUT2D eigenvalue weighted by atomic mass is 16.4. The molecule has 0 unspecified atom stereocenters. The van der Waals surface area contributed by atoms with Gasteiger partial charge in [0.2, 0.25) is 0 Å². The molecule has 4 heteroatoms. The van der Waals surface area contributed by atoms with Crippen molar-refractivity contribution in [3.63, 3.8) is 0 Å². The van der Waals surface area contributed by atoms with E-state index in [1.165, 1.54) is 0 Å². The van der Waals surface area contributed by atoms with Crippen LogP contribution in [0.1, 0.15) is 12.5 Å². The van der Waals surface area contributed by atoms with Crippen molar-refractivity contribution in [1.29, 1.82) is 0 Å². The van der Waals surface area contributed by atoms with Crippen LogP contribution in [0.2, 0.25) is 0 Å². The van der Waals surface area contributed by atoms with Gasteiger partial charge in [-0.15, -0.1) is 0 Å². The number of carbonyl (C=O) groups is 1. The summed E-state index contributed by atoms with van der Waals surface area (Å²) >= 11 is 0. The minimum absolute atomic E-state index is 0.0286. The standard InChI is InChI=1S/C15H17NO3/c1-2-16(10-15(18)19)9-13-12-6-4-3-5-11(12)7-8-14(13)17/h3-8,17H,2,9-10H2,1H3,(H,18,19). The number of hydrogen-bond acceptors (Lipinski definition) is 3. The van der Waals surface area contributed by atoms with E-state index in [1.54, 1.807) is 11.0 Å². The highest BCUT2D eigenvalue weighted by molar-refractivity contribution is 5.87. The number of likely N-dealkylation sites (N-methyl/N-ethyl adjacent to an activating group) is 1. The van der Waals surface area contributed by atoms with E-state index in [1.807, 2.05) is 37.3 Å². The van der Waals surface area contributed by atoms with Crippen LogP contribution < -0.4 is 0 Å². The molecule has 2 N–H and O–H groups in total. The van der Waals surface area contributed by atoms with Crippen LogP contribution in [0.25, 0.3) is 10.8 Å². The van der Waals surface area contributed by atoms with Crippen molar-refractivity contribution in [2.45, 2.75) is 13.5 Å². The Balaban J connectivity index is 2.38. The lowest BCUT2D eigenvalue weighted by atomic mass is 10.0. The Labute approximate surface area is 111 Å². The quantitative estimate of drug-likeness (QED) is 0.866. The maximum atomic E-state index is 10.8. The molecule has 19 heavy (non-hydrogen) atoms. The average Bonchev–Trinajstić information content (AvgIpc) is 2.40. The summed E-state index contributed by atoms with van der Waals surface area (Å²) in [6, 6.07) is 11.3. The molecular weight excluding hydrogens is 242 g/mol. The summed E-state index contributed by atoms with van der Waals surface area (Å²) in [7, 11) is 0. The molecule has 0 heterocycles. The summed E-state index contributed by atoms with van der Waals surface area (Å²) in [5, 5.41) is 20.9. The summed E-state index contributed by atoms with van der Waals surface area (Å²) in [5.41, 5.74) is 0.779. The van der Waals surface area contributed by atoms with Gasteiger partial charge in [-0.3, -0.25) is 9.69 Å². The van der Waals surface area contributed by atoms with Crippen LogP contribution in [0.15, 0.2) is 36.4 Å². The Hall–Kier alpha value is -2.07. The predicted molar refractivity (Wildman–Crippen MR) is 74.2 cm³/mol. The fourth-order valence-electron chi connectivity index (χ4n) is 2.19. The summed E-state index contributed by atoms with van der Waals surface area (Å²) in [6.07, 6.45) is 0. The molecule has 2 rings (SSSR count). The predicted octanol–water partition coefficient (Wildman–Crippen LogP) is 2.45. The molecule has 100 valence electrons. The number of phenols is 1. The summed E-state index contributed by atoms with van der Waals surface area (Å²) < 4.78 is 0. The van der Waals surface area contributed by atoms with E-state index in [4.69, 9.17) is 5.11 Å². The second kappa shape index (κ2) is 5.71. The largest absolute Gasteiger partial charge is 0.508 e. The molecule has 0 saturated heterocycles. The molecule has 2 aromatic carbocycles. The van der Waals surface area contributed by atoms with Crippen LogP contribution in [0.4, 0.5) is 0 Å². The third kappa shape index (κ3) is 3.03. The second-order valence-electron chi connectivity index (χ2n) is 4.48. The van der Waals surface area contributed by atoms with Gasteiger partial charge in [-0.2, -0.15) is 0 Å². The Kier molecular flexibility index (Phi) is 4.02. The molecule has 0 spiro atoms.